The number of ketones is 1. The van der Waals surface area contributed by atoms with Gasteiger partial charge in [-0.05, 0) is 34.1 Å². The Kier molecular flexibility index (Phi) is 3.21. The van der Waals surface area contributed by atoms with Crippen molar-refractivity contribution in [3.63, 3.8) is 0 Å². The maximum atomic E-state index is 12.6. The third-order valence-electron chi connectivity index (χ3n) is 1.49. The Morgan fingerprint density at radius 3 is 2.85 bits per heavy atom. The molecule has 0 fully saturated rings. The van der Waals surface area contributed by atoms with Crippen LogP contribution in [0.2, 0.25) is 0 Å². The van der Waals surface area contributed by atoms with Crippen LogP contribution in [0.25, 0.3) is 0 Å². The Bertz CT molecular complexity index is 379. The summed E-state index contributed by atoms with van der Waals surface area (Å²) in [7, 11) is 0. The second-order valence-electron chi connectivity index (χ2n) is 2.43. The summed E-state index contributed by atoms with van der Waals surface area (Å²) in [6, 6.07) is 3.89. The van der Waals surface area contributed by atoms with Gasteiger partial charge in [-0.1, -0.05) is 5.92 Å². The van der Waals surface area contributed by atoms with Gasteiger partial charge in [0.05, 0.1) is 6.42 Å². The molecule has 0 heterocycles. The fourth-order valence-corrected chi connectivity index (χ4v) is 1.48. The summed E-state index contributed by atoms with van der Waals surface area (Å²) in [6.07, 6.45) is 5.02. The quantitative estimate of drug-likeness (QED) is 0.574. The van der Waals surface area contributed by atoms with E-state index in [0.29, 0.717) is 10.0 Å². The van der Waals surface area contributed by atoms with Crippen LogP contribution in [-0.4, -0.2) is 5.78 Å². The SMILES string of the molecule is C#CCC(=O)c1ccc(F)cc1Br. The van der Waals surface area contributed by atoms with E-state index in [1.807, 2.05) is 0 Å². The van der Waals surface area contributed by atoms with Crippen molar-refractivity contribution < 1.29 is 9.18 Å². The summed E-state index contributed by atoms with van der Waals surface area (Å²) in [5.74, 6) is 1.67. The Morgan fingerprint density at radius 1 is 1.62 bits per heavy atom. The van der Waals surface area contributed by atoms with Crippen molar-refractivity contribution in [3.8, 4) is 12.3 Å². The third kappa shape index (κ3) is 2.40. The minimum absolute atomic E-state index is 0.0320. The predicted molar refractivity (Wildman–Crippen MR) is 51.9 cm³/mol. The number of halogens is 2. The first-order chi connectivity index (χ1) is 6.15. The molecule has 1 aromatic carbocycles. The van der Waals surface area contributed by atoms with Crippen LogP contribution >= 0.6 is 15.9 Å². The molecule has 0 spiro atoms. The number of Topliss-reactive ketones (excluding diaryl/α,β-unsaturated/α-hetero) is 1. The highest BCUT2D eigenvalue weighted by atomic mass is 79.9. The van der Waals surface area contributed by atoms with Crippen LogP contribution in [0.4, 0.5) is 4.39 Å². The van der Waals surface area contributed by atoms with Gasteiger partial charge in [-0.25, -0.2) is 4.39 Å². The first-order valence-electron chi connectivity index (χ1n) is 3.57. The Hall–Kier alpha value is -1.14. The molecule has 0 saturated heterocycles. The van der Waals surface area contributed by atoms with Crippen LogP contribution in [0, 0.1) is 18.2 Å². The molecule has 0 bridgehead atoms. The summed E-state index contributed by atoms with van der Waals surface area (Å²) in [4.78, 5) is 11.3. The maximum absolute atomic E-state index is 12.6. The zero-order valence-corrected chi connectivity index (χ0v) is 8.27. The molecule has 13 heavy (non-hydrogen) atoms. The van der Waals surface area contributed by atoms with E-state index in [1.54, 1.807) is 0 Å². The van der Waals surface area contributed by atoms with E-state index in [9.17, 15) is 9.18 Å². The lowest BCUT2D eigenvalue weighted by atomic mass is 10.1. The summed E-state index contributed by atoms with van der Waals surface area (Å²) >= 11 is 3.09. The van der Waals surface area contributed by atoms with Crippen LogP contribution in [0.3, 0.4) is 0 Å². The van der Waals surface area contributed by atoms with Crippen LogP contribution in [0.5, 0.6) is 0 Å². The van der Waals surface area contributed by atoms with Crippen molar-refractivity contribution in [2.45, 2.75) is 6.42 Å². The Balaban J connectivity index is 3.03. The highest BCUT2D eigenvalue weighted by Crippen LogP contribution is 2.19. The molecule has 1 nitrogen and oxygen atoms in total. The van der Waals surface area contributed by atoms with Gasteiger partial charge in [-0.3, -0.25) is 4.79 Å². The number of terminal acetylenes is 1. The van der Waals surface area contributed by atoms with Crippen molar-refractivity contribution in [2.24, 2.45) is 0 Å². The van der Waals surface area contributed by atoms with Gasteiger partial charge in [0.25, 0.3) is 0 Å². The first-order valence-corrected chi connectivity index (χ1v) is 4.36. The minimum Gasteiger partial charge on any atom is -0.293 e. The second kappa shape index (κ2) is 4.20. The maximum Gasteiger partial charge on any atom is 0.175 e. The van der Waals surface area contributed by atoms with E-state index in [4.69, 9.17) is 6.42 Å². The molecule has 1 aromatic rings. The fraction of sp³-hybridized carbons (Fsp3) is 0.100. The van der Waals surface area contributed by atoms with Gasteiger partial charge in [0, 0.05) is 10.0 Å². The van der Waals surface area contributed by atoms with Crippen LogP contribution < -0.4 is 0 Å². The average Bonchev–Trinajstić information content (AvgIpc) is 2.04. The lowest BCUT2D eigenvalue weighted by molar-refractivity contribution is 0.0997. The van der Waals surface area contributed by atoms with Crippen molar-refractivity contribution in [2.75, 3.05) is 0 Å². The first kappa shape index (κ1) is 9.94. The largest absolute Gasteiger partial charge is 0.293 e. The van der Waals surface area contributed by atoms with Crippen LogP contribution in [0.1, 0.15) is 16.8 Å². The van der Waals surface area contributed by atoms with Crippen LogP contribution in [0.15, 0.2) is 22.7 Å². The molecule has 0 aliphatic heterocycles. The smallest absolute Gasteiger partial charge is 0.175 e. The number of hydrogen-bond donors (Lipinski definition) is 0. The second-order valence-corrected chi connectivity index (χ2v) is 3.28. The molecule has 0 aliphatic carbocycles. The van der Waals surface area contributed by atoms with E-state index in [0.717, 1.165) is 0 Å². The van der Waals surface area contributed by atoms with Crippen molar-refractivity contribution >= 4 is 21.7 Å². The van der Waals surface area contributed by atoms with Crippen molar-refractivity contribution in [3.05, 3.63) is 34.1 Å². The molecule has 0 aromatic heterocycles. The van der Waals surface area contributed by atoms with Crippen molar-refractivity contribution in [1.29, 1.82) is 0 Å². The molecule has 0 unspecified atom stereocenters. The number of hydrogen-bond acceptors (Lipinski definition) is 1. The van der Waals surface area contributed by atoms with E-state index >= 15 is 0 Å². The van der Waals surface area contributed by atoms with E-state index in [-0.39, 0.29) is 18.0 Å². The standard InChI is InChI=1S/C10H6BrFO/c1-2-3-10(13)8-5-4-7(12)6-9(8)11/h1,4-6H,3H2. The molecule has 0 aliphatic rings. The molecule has 66 valence electrons. The van der Waals surface area contributed by atoms with Gasteiger partial charge in [-0.2, -0.15) is 0 Å². The summed E-state index contributed by atoms with van der Waals surface area (Å²) in [6.45, 7) is 0. The van der Waals surface area contributed by atoms with Crippen molar-refractivity contribution in [1.82, 2.24) is 0 Å². The predicted octanol–water partition coefficient (Wildman–Crippen LogP) is 2.79. The molecule has 0 radical (unpaired) electrons. The monoisotopic (exact) mass is 240 g/mol. The molecular weight excluding hydrogens is 235 g/mol. The summed E-state index contributed by atoms with van der Waals surface area (Å²) < 4.78 is 13.1. The fourth-order valence-electron chi connectivity index (χ4n) is 0.904. The molecule has 0 atom stereocenters. The number of benzene rings is 1. The van der Waals surface area contributed by atoms with Gasteiger partial charge in [-0.15, -0.1) is 6.42 Å². The van der Waals surface area contributed by atoms with Crippen LogP contribution in [-0.2, 0) is 0 Å². The van der Waals surface area contributed by atoms with Gasteiger partial charge in [0.1, 0.15) is 5.82 Å². The van der Waals surface area contributed by atoms with E-state index < -0.39 is 0 Å². The highest BCUT2D eigenvalue weighted by molar-refractivity contribution is 9.10. The van der Waals surface area contributed by atoms with E-state index in [1.165, 1.54) is 18.2 Å². The van der Waals surface area contributed by atoms with E-state index in [2.05, 4.69) is 21.9 Å². The van der Waals surface area contributed by atoms with Gasteiger partial charge >= 0.3 is 0 Å². The minimum atomic E-state index is -0.385. The number of rotatable bonds is 2. The normalized spacial score (nSPS) is 9.31. The average molecular weight is 241 g/mol. The lowest BCUT2D eigenvalue weighted by Gasteiger charge is -2.00. The number of carbonyl (C=O) groups excluding carboxylic acids is 1. The zero-order valence-electron chi connectivity index (χ0n) is 6.68. The molecule has 0 N–H and O–H groups in total. The van der Waals surface area contributed by atoms with Gasteiger partial charge in [0.2, 0.25) is 0 Å². The topological polar surface area (TPSA) is 17.1 Å². The number of carbonyl (C=O) groups is 1. The molecule has 1 rings (SSSR count). The summed E-state index contributed by atoms with van der Waals surface area (Å²) in [5.41, 5.74) is 0.416. The Labute approximate surface area is 84.1 Å². The van der Waals surface area contributed by atoms with Gasteiger partial charge in [0.15, 0.2) is 5.78 Å². The highest BCUT2D eigenvalue weighted by Gasteiger charge is 2.08. The van der Waals surface area contributed by atoms with Gasteiger partial charge < -0.3 is 0 Å². The molecule has 3 heteroatoms. The zero-order chi connectivity index (χ0) is 9.84. The molecular formula is C10H6BrFO. The summed E-state index contributed by atoms with van der Waals surface area (Å²) in [5, 5.41) is 0. The molecule has 0 amide bonds. The lowest BCUT2D eigenvalue weighted by Crippen LogP contribution is -1.98. The molecule has 0 saturated carbocycles. The third-order valence-corrected chi connectivity index (χ3v) is 2.15. The Morgan fingerprint density at radius 2 is 2.31 bits per heavy atom.